The van der Waals surface area contributed by atoms with Crippen molar-refractivity contribution in [2.24, 2.45) is 11.8 Å². The maximum absolute atomic E-state index is 14.3. The molecule has 1 aromatic rings. The van der Waals surface area contributed by atoms with Crippen molar-refractivity contribution in [1.29, 1.82) is 0 Å². The van der Waals surface area contributed by atoms with Crippen molar-refractivity contribution in [1.82, 2.24) is 9.80 Å². The van der Waals surface area contributed by atoms with E-state index in [-0.39, 0.29) is 30.9 Å². The lowest BCUT2D eigenvalue weighted by molar-refractivity contribution is -0.157. The van der Waals surface area contributed by atoms with E-state index >= 15 is 0 Å². The van der Waals surface area contributed by atoms with Crippen LogP contribution < -0.4 is 4.90 Å². The highest BCUT2D eigenvalue weighted by Crippen LogP contribution is 2.64. The summed E-state index contributed by atoms with van der Waals surface area (Å²) in [6, 6.07) is 7.74. The predicted molar refractivity (Wildman–Crippen MR) is 146 cm³/mol. The van der Waals surface area contributed by atoms with Crippen LogP contribution in [-0.2, 0) is 19.1 Å². The smallest absolute Gasteiger partial charge is 0.249 e. The molecule has 6 atom stereocenters. The van der Waals surface area contributed by atoms with Crippen LogP contribution in [0.4, 0.5) is 5.69 Å². The minimum absolute atomic E-state index is 0.220. The highest BCUT2D eigenvalue weighted by molar-refractivity contribution is 6.03. The lowest BCUT2D eigenvalue weighted by Crippen LogP contribution is -2.61. The van der Waals surface area contributed by atoms with E-state index in [0.717, 1.165) is 0 Å². The van der Waals surface area contributed by atoms with Crippen molar-refractivity contribution in [2.75, 3.05) is 24.6 Å². The third-order valence-electron chi connectivity index (χ3n) is 8.49. The summed E-state index contributed by atoms with van der Waals surface area (Å²) >= 11 is 0. The zero-order valence-electron chi connectivity index (χ0n) is 23.2. The van der Waals surface area contributed by atoms with Gasteiger partial charge in [-0.25, -0.2) is 0 Å². The first-order valence-electron chi connectivity index (χ1n) is 13.4. The minimum Gasteiger partial charge on any atom is -0.394 e. The topological polar surface area (TPSA) is 90.4 Å². The molecule has 206 valence electrons. The van der Waals surface area contributed by atoms with Gasteiger partial charge < -0.3 is 24.5 Å². The van der Waals surface area contributed by atoms with Gasteiger partial charge in [-0.1, -0.05) is 30.4 Å². The molecular weight excluding hydrogens is 482 g/mol. The molecule has 2 unspecified atom stereocenters. The third-order valence-corrected chi connectivity index (χ3v) is 8.49. The molecule has 1 N–H and O–H groups in total. The van der Waals surface area contributed by atoms with Crippen molar-refractivity contribution in [3.8, 4) is 0 Å². The van der Waals surface area contributed by atoms with Gasteiger partial charge in [0.15, 0.2) is 0 Å². The number of rotatable bonds is 9. The Bertz CT molecular complexity index is 1110. The van der Waals surface area contributed by atoms with Gasteiger partial charge in [0.25, 0.3) is 0 Å². The zero-order chi connectivity index (χ0) is 28.0. The summed E-state index contributed by atoms with van der Waals surface area (Å²) in [6.45, 7) is 17.4. The Kier molecular flexibility index (Phi) is 7.36. The Hall–Kier alpha value is -2.97. The number of fused-ring (bicyclic) bond motifs is 1. The highest BCUT2D eigenvalue weighted by atomic mass is 16.5. The van der Waals surface area contributed by atoms with Crippen LogP contribution in [0.3, 0.4) is 0 Å². The van der Waals surface area contributed by atoms with Crippen molar-refractivity contribution in [2.45, 2.75) is 76.3 Å². The quantitative estimate of drug-likeness (QED) is 0.502. The lowest BCUT2D eigenvalue weighted by Gasteiger charge is -2.43. The molecule has 0 aliphatic carbocycles. The summed E-state index contributed by atoms with van der Waals surface area (Å²) in [5.74, 6) is -2.40. The number of ether oxygens (including phenoxy) is 1. The first kappa shape index (κ1) is 28.0. The molecule has 8 nitrogen and oxygen atoms in total. The van der Waals surface area contributed by atoms with Crippen molar-refractivity contribution in [3.63, 3.8) is 0 Å². The second kappa shape index (κ2) is 9.97. The normalized spacial score (nSPS) is 30.6. The van der Waals surface area contributed by atoms with E-state index in [0.29, 0.717) is 25.1 Å². The number of aliphatic hydroxyl groups excluding tert-OH is 1. The van der Waals surface area contributed by atoms with Gasteiger partial charge in [0.2, 0.25) is 17.7 Å². The number of hydrogen-bond acceptors (Lipinski definition) is 5. The minimum atomic E-state index is -1.16. The fourth-order valence-corrected chi connectivity index (χ4v) is 6.78. The molecule has 3 saturated heterocycles. The monoisotopic (exact) mass is 523 g/mol. The van der Waals surface area contributed by atoms with Crippen LogP contribution in [0.5, 0.6) is 0 Å². The van der Waals surface area contributed by atoms with Crippen LogP contribution in [0.1, 0.15) is 47.5 Å². The van der Waals surface area contributed by atoms with Gasteiger partial charge in [-0.3, -0.25) is 14.4 Å². The van der Waals surface area contributed by atoms with Crippen LogP contribution in [0.15, 0.2) is 55.6 Å². The second-order valence-electron chi connectivity index (χ2n) is 12.0. The molecule has 2 bridgehead atoms. The Morgan fingerprint density at radius 3 is 2.34 bits per heavy atom. The summed E-state index contributed by atoms with van der Waals surface area (Å²) in [6.07, 6.45) is 4.36. The first-order chi connectivity index (χ1) is 17.9. The number of carbonyl (C=O) groups is 3. The van der Waals surface area contributed by atoms with Crippen LogP contribution >= 0.6 is 0 Å². The number of hydrogen-bond donors (Lipinski definition) is 1. The molecule has 3 amide bonds. The van der Waals surface area contributed by atoms with E-state index in [1.807, 2.05) is 58.0 Å². The van der Waals surface area contributed by atoms with Crippen LogP contribution in [-0.4, -0.2) is 81.1 Å². The number of aliphatic hydroxyl groups is 1. The highest BCUT2D eigenvalue weighted by Gasteiger charge is 2.78. The van der Waals surface area contributed by atoms with E-state index in [1.54, 1.807) is 28.9 Å². The molecule has 3 fully saturated rings. The molecule has 38 heavy (non-hydrogen) atoms. The van der Waals surface area contributed by atoms with Crippen LogP contribution in [0.25, 0.3) is 0 Å². The summed E-state index contributed by atoms with van der Waals surface area (Å²) in [7, 11) is 0. The fraction of sp³-hybridized carbons (Fsp3) is 0.567. The zero-order valence-corrected chi connectivity index (χ0v) is 23.2. The van der Waals surface area contributed by atoms with Gasteiger partial charge in [-0.05, 0) is 59.6 Å². The summed E-state index contributed by atoms with van der Waals surface area (Å²) in [5.41, 5.74) is -1.89. The van der Waals surface area contributed by atoms with E-state index < -0.39 is 40.7 Å². The van der Waals surface area contributed by atoms with Crippen molar-refractivity contribution < 1.29 is 24.2 Å². The fourth-order valence-electron chi connectivity index (χ4n) is 6.78. The van der Waals surface area contributed by atoms with E-state index in [1.165, 1.54) is 4.90 Å². The Morgan fingerprint density at radius 2 is 1.79 bits per heavy atom. The number of nitrogens with zero attached hydrogens (tertiary/aromatic N) is 3. The van der Waals surface area contributed by atoms with Gasteiger partial charge in [0.1, 0.15) is 11.6 Å². The average molecular weight is 524 g/mol. The van der Waals surface area contributed by atoms with Crippen molar-refractivity contribution >= 4 is 23.4 Å². The number of carbonyl (C=O) groups excluding carboxylic acids is 3. The van der Waals surface area contributed by atoms with Gasteiger partial charge in [0.05, 0.1) is 30.1 Å². The van der Waals surface area contributed by atoms with Gasteiger partial charge in [0, 0.05) is 24.3 Å². The van der Waals surface area contributed by atoms with Gasteiger partial charge >= 0.3 is 0 Å². The molecule has 8 heteroatoms. The summed E-state index contributed by atoms with van der Waals surface area (Å²) < 4.78 is 6.75. The van der Waals surface area contributed by atoms with Gasteiger partial charge in [-0.15, -0.1) is 13.2 Å². The van der Waals surface area contributed by atoms with Crippen LogP contribution in [0.2, 0.25) is 0 Å². The number of para-hydroxylation sites is 1. The number of anilines is 1. The first-order valence-corrected chi connectivity index (χ1v) is 13.4. The molecule has 3 aliphatic rings. The number of benzene rings is 1. The SMILES string of the molecule is C=CCN(C(=O)[C@H]1[C@H]2C(=O)N([C@H](C)CO)C(C(=O)N(CC=C)C(C)(C)C)C23CC[C@]1(C)O3)c1ccccc1. The van der Waals surface area contributed by atoms with E-state index in [2.05, 4.69) is 13.2 Å². The largest absolute Gasteiger partial charge is 0.394 e. The third kappa shape index (κ3) is 4.18. The maximum atomic E-state index is 14.3. The van der Waals surface area contributed by atoms with E-state index in [4.69, 9.17) is 4.74 Å². The van der Waals surface area contributed by atoms with Crippen LogP contribution in [0, 0.1) is 11.8 Å². The lowest BCUT2D eigenvalue weighted by atomic mass is 9.66. The average Bonchev–Trinajstić information content (AvgIpc) is 3.45. The second-order valence-corrected chi connectivity index (χ2v) is 12.0. The molecule has 0 saturated carbocycles. The Labute approximate surface area is 225 Å². The molecule has 1 spiro atoms. The molecule has 3 aliphatic heterocycles. The van der Waals surface area contributed by atoms with Crippen molar-refractivity contribution in [3.05, 3.63) is 55.6 Å². The molecule has 0 aromatic heterocycles. The maximum Gasteiger partial charge on any atom is 0.249 e. The van der Waals surface area contributed by atoms with E-state index in [9.17, 15) is 19.5 Å². The van der Waals surface area contributed by atoms with Gasteiger partial charge in [-0.2, -0.15) is 0 Å². The predicted octanol–water partition coefficient (Wildman–Crippen LogP) is 3.16. The Balaban J connectivity index is 1.83. The molecule has 1 aromatic carbocycles. The molecule has 0 radical (unpaired) electrons. The summed E-state index contributed by atoms with van der Waals surface area (Å²) in [4.78, 5) is 47.7. The molecular formula is C30H41N3O5. The standard InChI is InChI=1S/C30H41N3O5/c1-8-17-31(21-13-11-10-12-14-21)25(35)22-23-26(36)33(20(3)19-34)24(30(23)16-15-29(22,7)38-30)27(37)32(18-9-2)28(4,5)6/h8-14,20,22-24,34H,1-2,15-19H2,3-7H3/t20-,22-,23+,24?,29+,30?/m1/s1. The summed E-state index contributed by atoms with van der Waals surface area (Å²) in [5, 5.41) is 10.1. The molecule has 3 heterocycles. The molecule has 4 rings (SSSR count). The Morgan fingerprint density at radius 1 is 1.16 bits per heavy atom. The number of likely N-dealkylation sites (tertiary alicyclic amines) is 1. The number of amides is 3.